The molecule has 0 spiro atoms. The van der Waals surface area contributed by atoms with Crippen molar-refractivity contribution in [3.05, 3.63) is 23.8 Å². The van der Waals surface area contributed by atoms with E-state index in [0.29, 0.717) is 0 Å². The lowest BCUT2D eigenvalue weighted by Gasteiger charge is -2.14. The van der Waals surface area contributed by atoms with E-state index in [0.717, 1.165) is 17.1 Å². The first-order valence-corrected chi connectivity index (χ1v) is 4.55. The third-order valence-corrected chi connectivity index (χ3v) is 2.24. The number of benzene rings is 1. The quantitative estimate of drug-likeness (QED) is 0.798. The van der Waals surface area contributed by atoms with Crippen molar-refractivity contribution in [2.24, 2.45) is 0 Å². The first-order chi connectivity index (χ1) is 6.72. The zero-order chi connectivity index (χ0) is 10.6. The average molecular weight is 196 g/mol. The van der Waals surface area contributed by atoms with E-state index >= 15 is 0 Å². The van der Waals surface area contributed by atoms with Gasteiger partial charge < -0.3 is 14.6 Å². The van der Waals surface area contributed by atoms with Crippen molar-refractivity contribution in [2.75, 3.05) is 20.8 Å². The summed E-state index contributed by atoms with van der Waals surface area (Å²) in [6.07, 6.45) is 0. The number of ether oxygens (including phenoxy) is 2. The molecule has 0 aliphatic heterocycles. The summed E-state index contributed by atoms with van der Waals surface area (Å²) in [5, 5.41) is 9.08. The van der Waals surface area contributed by atoms with Crippen molar-refractivity contribution in [1.82, 2.24) is 0 Å². The van der Waals surface area contributed by atoms with Crippen LogP contribution in [0.15, 0.2) is 18.2 Å². The Morgan fingerprint density at radius 1 is 1.29 bits per heavy atom. The van der Waals surface area contributed by atoms with E-state index in [-0.39, 0.29) is 12.5 Å². The van der Waals surface area contributed by atoms with Gasteiger partial charge in [-0.25, -0.2) is 0 Å². The van der Waals surface area contributed by atoms with E-state index in [2.05, 4.69) is 0 Å². The SMILES string of the molecule is COc1ccc(OC)c(C(C)CO)c1. The van der Waals surface area contributed by atoms with Crippen molar-refractivity contribution >= 4 is 0 Å². The van der Waals surface area contributed by atoms with E-state index in [1.54, 1.807) is 14.2 Å². The minimum absolute atomic E-state index is 0.0556. The largest absolute Gasteiger partial charge is 0.497 e. The molecule has 1 N–H and O–H groups in total. The van der Waals surface area contributed by atoms with Crippen LogP contribution in [0.1, 0.15) is 18.4 Å². The van der Waals surface area contributed by atoms with Gasteiger partial charge in [-0.1, -0.05) is 6.92 Å². The molecule has 1 unspecified atom stereocenters. The minimum Gasteiger partial charge on any atom is -0.497 e. The number of aliphatic hydroxyl groups excluding tert-OH is 1. The molecule has 78 valence electrons. The van der Waals surface area contributed by atoms with Crippen molar-refractivity contribution in [1.29, 1.82) is 0 Å². The number of rotatable bonds is 4. The summed E-state index contributed by atoms with van der Waals surface area (Å²) >= 11 is 0. The van der Waals surface area contributed by atoms with Crippen LogP contribution in [0.4, 0.5) is 0 Å². The van der Waals surface area contributed by atoms with Gasteiger partial charge in [0.2, 0.25) is 0 Å². The fraction of sp³-hybridized carbons (Fsp3) is 0.455. The van der Waals surface area contributed by atoms with E-state index in [9.17, 15) is 0 Å². The fourth-order valence-electron chi connectivity index (χ4n) is 1.32. The summed E-state index contributed by atoms with van der Waals surface area (Å²) in [7, 11) is 3.24. The van der Waals surface area contributed by atoms with Crippen LogP contribution in [0.25, 0.3) is 0 Å². The highest BCUT2D eigenvalue weighted by Gasteiger charge is 2.11. The van der Waals surface area contributed by atoms with Crippen LogP contribution in [0.3, 0.4) is 0 Å². The molecule has 0 aliphatic carbocycles. The molecule has 1 aromatic rings. The normalized spacial score (nSPS) is 12.3. The van der Waals surface area contributed by atoms with Gasteiger partial charge in [0.25, 0.3) is 0 Å². The van der Waals surface area contributed by atoms with Crippen LogP contribution in [0, 0.1) is 0 Å². The topological polar surface area (TPSA) is 38.7 Å². The predicted molar refractivity (Wildman–Crippen MR) is 55.0 cm³/mol. The summed E-state index contributed by atoms with van der Waals surface area (Å²) < 4.78 is 10.3. The van der Waals surface area contributed by atoms with Crippen LogP contribution in [0.5, 0.6) is 11.5 Å². The van der Waals surface area contributed by atoms with Crippen molar-refractivity contribution < 1.29 is 14.6 Å². The molecular formula is C11H16O3. The minimum atomic E-state index is 0.0556. The lowest BCUT2D eigenvalue weighted by atomic mass is 10.0. The number of hydrogen-bond acceptors (Lipinski definition) is 3. The summed E-state index contributed by atoms with van der Waals surface area (Å²) in [4.78, 5) is 0. The maximum Gasteiger partial charge on any atom is 0.122 e. The highest BCUT2D eigenvalue weighted by Crippen LogP contribution is 2.29. The lowest BCUT2D eigenvalue weighted by molar-refractivity contribution is 0.269. The van der Waals surface area contributed by atoms with Crippen LogP contribution >= 0.6 is 0 Å². The lowest BCUT2D eigenvalue weighted by Crippen LogP contribution is -2.02. The van der Waals surface area contributed by atoms with Gasteiger partial charge in [0.15, 0.2) is 0 Å². The summed E-state index contributed by atoms with van der Waals surface area (Å²) in [6, 6.07) is 5.58. The Labute approximate surface area is 84.3 Å². The summed E-state index contributed by atoms with van der Waals surface area (Å²) in [5.41, 5.74) is 0.967. The van der Waals surface area contributed by atoms with Gasteiger partial charge >= 0.3 is 0 Å². The van der Waals surface area contributed by atoms with E-state index in [1.807, 2.05) is 25.1 Å². The first kappa shape index (κ1) is 10.9. The molecular weight excluding hydrogens is 180 g/mol. The van der Waals surface area contributed by atoms with Gasteiger partial charge in [-0.2, -0.15) is 0 Å². The zero-order valence-corrected chi connectivity index (χ0v) is 8.78. The fourth-order valence-corrected chi connectivity index (χ4v) is 1.32. The Morgan fingerprint density at radius 2 is 2.00 bits per heavy atom. The Morgan fingerprint density at radius 3 is 2.50 bits per heavy atom. The van der Waals surface area contributed by atoms with Gasteiger partial charge in [0, 0.05) is 18.1 Å². The van der Waals surface area contributed by atoms with Crippen LogP contribution < -0.4 is 9.47 Å². The Kier molecular flexibility index (Phi) is 3.77. The molecule has 0 aliphatic rings. The first-order valence-electron chi connectivity index (χ1n) is 4.55. The van der Waals surface area contributed by atoms with Gasteiger partial charge in [-0.05, 0) is 18.2 Å². The van der Waals surface area contributed by atoms with Crippen LogP contribution in [0.2, 0.25) is 0 Å². The predicted octanol–water partition coefficient (Wildman–Crippen LogP) is 1.80. The van der Waals surface area contributed by atoms with Crippen LogP contribution in [-0.2, 0) is 0 Å². The number of methoxy groups -OCH3 is 2. The monoisotopic (exact) mass is 196 g/mol. The number of aliphatic hydroxyl groups is 1. The molecule has 0 amide bonds. The van der Waals surface area contributed by atoms with Crippen LogP contribution in [-0.4, -0.2) is 25.9 Å². The van der Waals surface area contributed by atoms with E-state index in [4.69, 9.17) is 14.6 Å². The van der Waals surface area contributed by atoms with E-state index < -0.39 is 0 Å². The molecule has 0 fully saturated rings. The van der Waals surface area contributed by atoms with Crippen molar-refractivity contribution in [3.63, 3.8) is 0 Å². The average Bonchev–Trinajstić information content (AvgIpc) is 2.27. The molecule has 14 heavy (non-hydrogen) atoms. The molecule has 3 heteroatoms. The third kappa shape index (κ3) is 2.17. The third-order valence-electron chi connectivity index (χ3n) is 2.24. The van der Waals surface area contributed by atoms with Gasteiger partial charge in [-0.15, -0.1) is 0 Å². The van der Waals surface area contributed by atoms with Gasteiger partial charge in [0.05, 0.1) is 14.2 Å². The molecule has 0 heterocycles. The second-order valence-electron chi connectivity index (χ2n) is 3.19. The van der Waals surface area contributed by atoms with Gasteiger partial charge in [0.1, 0.15) is 11.5 Å². The highest BCUT2D eigenvalue weighted by molar-refractivity contribution is 5.42. The second kappa shape index (κ2) is 4.86. The smallest absolute Gasteiger partial charge is 0.122 e. The molecule has 0 saturated heterocycles. The van der Waals surface area contributed by atoms with Crippen molar-refractivity contribution in [2.45, 2.75) is 12.8 Å². The Balaban J connectivity index is 3.08. The number of hydrogen-bond donors (Lipinski definition) is 1. The zero-order valence-electron chi connectivity index (χ0n) is 8.78. The molecule has 0 bridgehead atoms. The molecule has 0 saturated carbocycles. The molecule has 1 atom stereocenters. The van der Waals surface area contributed by atoms with E-state index in [1.165, 1.54) is 0 Å². The standard InChI is InChI=1S/C11H16O3/c1-8(7-12)10-6-9(13-2)4-5-11(10)14-3/h4-6,8,12H,7H2,1-3H3. The van der Waals surface area contributed by atoms with Crippen molar-refractivity contribution in [3.8, 4) is 11.5 Å². The molecule has 1 rings (SSSR count). The summed E-state index contributed by atoms with van der Waals surface area (Å²) in [6.45, 7) is 2.04. The summed E-state index contributed by atoms with van der Waals surface area (Å²) in [5.74, 6) is 1.62. The Bertz CT molecular complexity index is 297. The maximum absolute atomic E-state index is 9.08. The highest BCUT2D eigenvalue weighted by atomic mass is 16.5. The molecule has 0 radical (unpaired) electrons. The molecule has 1 aromatic carbocycles. The molecule has 3 nitrogen and oxygen atoms in total. The second-order valence-corrected chi connectivity index (χ2v) is 3.19. The Hall–Kier alpha value is -1.22. The maximum atomic E-state index is 9.08. The van der Waals surface area contributed by atoms with Gasteiger partial charge in [-0.3, -0.25) is 0 Å². The molecule has 0 aromatic heterocycles.